The van der Waals surface area contributed by atoms with Gasteiger partial charge < -0.3 is 10.6 Å². The molecule has 0 aromatic heterocycles. The Bertz CT molecular complexity index is 628. The highest BCUT2D eigenvalue weighted by atomic mass is 16.2. The first-order chi connectivity index (χ1) is 9.20. The van der Waals surface area contributed by atoms with Gasteiger partial charge in [0.05, 0.1) is 6.54 Å². The summed E-state index contributed by atoms with van der Waals surface area (Å²) in [6, 6.07) is 13.8. The molecular weight excluding hydrogens is 236 g/mol. The lowest BCUT2D eigenvalue weighted by molar-refractivity contribution is -0.121. The number of amides is 1. The highest BCUT2D eigenvalue weighted by Crippen LogP contribution is 2.19. The SMILES string of the molecule is C#CCNC(=O)C(C)Nc1ccc2ccccc2c1. The van der Waals surface area contributed by atoms with Gasteiger partial charge in [-0.3, -0.25) is 4.79 Å². The van der Waals surface area contributed by atoms with Gasteiger partial charge in [-0.2, -0.15) is 0 Å². The number of carbonyl (C=O) groups is 1. The number of nitrogens with one attached hydrogen (secondary N) is 2. The van der Waals surface area contributed by atoms with Crippen molar-refractivity contribution in [2.24, 2.45) is 0 Å². The third-order valence-corrected chi connectivity index (χ3v) is 2.89. The molecule has 0 aliphatic heterocycles. The van der Waals surface area contributed by atoms with Crippen LogP contribution in [0.2, 0.25) is 0 Å². The fraction of sp³-hybridized carbons (Fsp3) is 0.188. The first-order valence-corrected chi connectivity index (χ1v) is 6.17. The smallest absolute Gasteiger partial charge is 0.242 e. The van der Waals surface area contributed by atoms with Gasteiger partial charge in [-0.1, -0.05) is 36.3 Å². The largest absolute Gasteiger partial charge is 0.374 e. The Hall–Kier alpha value is -2.47. The maximum absolute atomic E-state index is 11.7. The van der Waals surface area contributed by atoms with Crippen molar-refractivity contribution in [1.29, 1.82) is 0 Å². The summed E-state index contributed by atoms with van der Waals surface area (Å²) >= 11 is 0. The van der Waals surface area contributed by atoms with Gasteiger partial charge in [0.1, 0.15) is 6.04 Å². The summed E-state index contributed by atoms with van der Waals surface area (Å²) in [5, 5.41) is 8.13. The summed E-state index contributed by atoms with van der Waals surface area (Å²) in [4.78, 5) is 11.7. The van der Waals surface area contributed by atoms with Crippen molar-refractivity contribution >= 4 is 22.4 Å². The molecule has 0 heterocycles. The Morgan fingerprint density at radius 2 is 2.00 bits per heavy atom. The molecule has 19 heavy (non-hydrogen) atoms. The van der Waals surface area contributed by atoms with E-state index in [1.54, 1.807) is 6.92 Å². The molecule has 0 saturated heterocycles. The fourth-order valence-corrected chi connectivity index (χ4v) is 1.89. The van der Waals surface area contributed by atoms with Crippen molar-refractivity contribution in [2.45, 2.75) is 13.0 Å². The van der Waals surface area contributed by atoms with E-state index in [0.29, 0.717) is 0 Å². The van der Waals surface area contributed by atoms with Crippen LogP contribution in [0.4, 0.5) is 5.69 Å². The summed E-state index contributed by atoms with van der Waals surface area (Å²) in [5.74, 6) is 2.28. The second-order valence-corrected chi connectivity index (χ2v) is 4.35. The summed E-state index contributed by atoms with van der Waals surface area (Å²) in [6.07, 6.45) is 5.11. The Balaban J connectivity index is 2.08. The van der Waals surface area contributed by atoms with Crippen LogP contribution in [-0.4, -0.2) is 18.5 Å². The molecule has 0 fully saturated rings. The molecule has 2 N–H and O–H groups in total. The van der Waals surface area contributed by atoms with Crippen LogP contribution in [0.1, 0.15) is 6.92 Å². The lowest BCUT2D eigenvalue weighted by Gasteiger charge is -2.14. The van der Waals surface area contributed by atoms with Gasteiger partial charge in [0, 0.05) is 5.69 Å². The second kappa shape index (κ2) is 5.92. The second-order valence-electron chi connectivity index (χ2n) is 4.35. The minimum Gasteiger partial charge on any atom is -0.374 e. The molecule has 1 unspecified atom stereocenters. The molecule has 0 spiro atoms. The van der Waals surface area contributed by atoms with Gasteiger partial charge in [0.15, 0.2) is 0 Å². The average molecular weight is 252 g/mol. The number of rotatable bonds is 4. The van der Waals surface area contributed by atoms with Gasteiger partial charge in [0.25, 0.3) is 0 Å². The zero-order chi connectivity index (χ0) is 13.7. The number of benzene rings is 2. The zero-order valence-electron chi connectivity index (χ0n) is 10.8. The van der Waals surface area contributed by atoms with Crippen molar-refractivity contribution in [2.75, 3.05) is 11.9 Å². The predicted molar refractivity (Wildman–Crippen MR) is 78.9 cm³/mol. The minimum absolute atomic E-state index is 0.105. The molecule has 96 valence electrons. The van der Waals surface area contributed by atoms with Crippen molar-refractivity contribution in [3.05, 3.63) is 42.5 Å². The molecule has 0 bridgehead atoms. The van der Waals surface area contributed by atoms with Crippen molar-refractivity contribution in [3.63, 3.8) is 0 Å². The van der Waals surface area contributed by atoms with Gasteiger partial charge in [0.2, 0.25) is 5.91 Å². The number of hydrogen-bond donors (Lipinski definition) is 2. The van der Waals surface area contributed by atoms with Crippen LogP contribution >= 0.6 is 0 Å². The van der Waals surface area contributed by atoms with Gasteiger partial charge >= 0.3 is 0 Å². The quantitative estimate of drug-likeness (QED) is 0.820. The third-order valence-electron chi connectivity index (χ3n) is 2.89. The van der Waals surface area contributed by atoms with Crippen LogP contribution in [0, 0.1) is 12.3 Å². The number of carbonyl (C=O) groups excluding carboxylic acids is 1. The molecule has 0 radical (unpaired) electrons. The Morgan fingerprint density at radius 3 is 2.74 bits per heavy atom. The topological polar surface area (TPSA) is 41.1 Å². The van der Waals surface area contributed by atoms with Gasteiger partial charge in [-0.15, -0.1) is 6.42 Å². The van der Waals surface area contributed by atoms with Crippen molar-refractivity contribution in [3.8, 4) is 12.3 Å². The average Bonchev–Trinajstić information content (AvgIpc) is 2.44. The highest BCUT2D eigenvalue weighted by molar-refractivity contribution is 5.88. The minimum atomic E-state index is -0.325. The molecule has 0 aliphatic carbocycles. The highest BCUT2D eigenvalue weighted by Gasteiger charge is 2.11. The van der Waals surface area contributed by atoms with E-state index in [1.807, 2.05) is 36.4 Å². The van der Waals surface area contributed by atoms with Crippen molar-refractivity contribution in [1.82, 2.24) is 5.32 Å². The van der Waals surface area contributed by atoms with E-state index in [2.05, 4.69) is 22.6 Å². The molecule has 1 amide bonds. The van der Waals surface area contributed by atoms with E-state index in [4.69, 9.17) is 6.42 Å². The molecule has 3 nitrogen and oxygen atoms in total. The van der Waals surface area contributed by atoms with Crippen LogP contribution in [0.15, 0.2) is 42.5 Å². The van der Waals surface area contributed by atoms with Crippen LogP contribution in [-0.2, 0) is 4.79 Å². The Labute approximate surface area is 113 Å². The van der Waals surface area contributed by atoms with E-state index in [0.717, 1.165) is 11.1 Å². The number of fused-ring (bicyclic) bond motifs is 1. The molecule has 2 aromatic rings. The fourth-order valence-electron chi connectivity index (χ4n) is 1.89. The van der Waals surface area contributed by atoms with E-state index >= 15 is 0 Å². The van der Waals surface area contributed by atoms with Crippen LogP contribution in [0.25, 0.3) is 10.8 Å². The third kappa shape index (κ3) is 3.26. The van der Waals surface area contributed by atoms with E-state index < -0.39 is 0 Å². The predicted octanol–water partition coefficient (Wildman–Crippen LogP) is 2.39. The molecule has 0 saturated carbocycles. The molecule has 2 rings (SSSR count). The lowest BCUT2D eigenvalue weighted by atomic mass is 10.1. The van der Waals surface area contributed by atoms with Gasteiger partial charge in [-0.05, 0) is 29.8 Å². The zero-order valence-corrected chi connectivity index (χ0v) is 10.8. The maximum atomic E-state index is 11.7. The summed E-state index contributed by atoms with van der Waals surface area (Å²) in [7, 11) is 0. The number of hydrogen-bond acceptors (Lipinski definition) is 2. The molecule has 1 atom stereocenters. The summed E-state index contributed by atoms with van der Waals surface area (Å²) < 4.78 is 0. The number of terminal acetylenes is 1. The normalized spacial score (nSPS) is 11.6. The standard InChI is InChI=1S/C16H16N2O/c1-3-10-17-16(19)12(2)18-15-9-8-13-6-4-5-7-14(13)11-15/h1,4-9,11-12,18H,10H2,2H3,(H,17,19). The van der Waals surface area contributed by atoms with Crippen LogP contribution < -0.4 is 10.6 Å². The van der Waals surface area contributed by atoms with Crippen LogP contribution in [0.3, 0.4) is 0 Å². The van der Waals surface area contributed by atoms with E-state index in [1.165, 1.54) is 5.39 Å². The van der Waals surface area contributed by atoms with Crippen molar-refractivity contribution < 1.29 is 4.79 Å². The molecule has 3 heteroatoms. The maximum Gasteiger partial charge on any atom is 0.242 e. The summed E-state index contributed by atoms with van der Waals surface area (Å²) in [5.41, 5.74) is 0.919. The molecule has 0 aliphatic rings. The molecule has 2 aromatic carbocycles. The Morgan fingerprint density at radius 1 is 1.26 bits per heavy atom. The van der Waals surface area contributed by atoms with E-state index in [-0.39, 0.29) is 18.5 Å². The van der Waals surface area contributed by atoms with Gasteiger partial charge in [-0.25, -0.2) is 0 Å². The first-order valence-electron chi connectivity index (χ1n) is 6.17. The first kappa shape index (κ1) is 13.0. The number of anilines is 1. The lowest BCUT2D eigenvalue weighted by Crippen LogP contribution is -2.37. The Kier molecular flexibility index (Phi) is 4.04. The van der Waals surface area contributed by atoms with Crippen LogP contribution in [0.5, 0.6) is 0 Å². The monoisotopic (exact) mass is 252 g/mol. The van der Waals surface area contributed by atoms with E-state index in [9.17, 15) is 4.79 Å². The molecular formula is C16H16N2O. The summed E-state index contributed by atoms with van der Waals surface area (Å²) in [6.45, 7) is 2.06.